The molecule has 3 nitrogen and oxygen atoms in total. The first-order valence-corrected chi connectivity index (χ1v) is 10.6. The Bertz CT molecular complexity index is 1210. The van der Waals surface area contributed by atoms with Gasteiger partial charge in [-0.05, 0) is 52.1 Å². The van der Waals surface area contributed by atoms with Crippen LogP contribution in [0.1, 0.15) is 43.7 Å². The number of Topliss-reactive ketones (excluding diaryl/α,β-unsaturated/α-hetero) is 1. The Balaban J connectivity index is 1.83. The van der Waals surface area contributed by atoms with E-state index in [2.05, 4.69) is 41.9 Å². The second-order valence-electron chi connectivity index (χ2n) is 8.75. The summed E-state index contributed by atoms with van der Waals surface area (Å²) >= 11 is 3.58. The molecule has 3 aromatic carbocycles. The van der Waals surface area contributed by atoms with E-state index < -0.39 is 0 Å². The molecule has 0 saturated carbocycles. The molecule has 1 aliphatic carbocycles. The van der Waals surface area contributed by atoms with Gasteiger partial charge >= 0.3 is 0 Å². The zero-order chi connectivity index (χ0) is 20.3. The predicted octanol–water partition coefficient (Wildman–Crippen LogP) is 6.48. The smallest absolute Gasteiger partial charge is 0.163 e. The Morgan fingerprint density at radius 3 is 2.69 bits per heavy atom. The van der Waals surface area contributed by atoms with Crippen molar-refractivity contribution in [3.8, 4) is 11.5 Å². The van der Waals surface area contributed by atoms with Crippen LogP contribution in [0.15, 0.2) is 70.4 Å². The normalized spacial score (nSPS) is 20.2. The van der Waals surface area contributed by atoms with Crippen LogP contribution in [-0.2, 0) is 4.79 Å². The van der Waals surface area contributed by atoms with E-state index in [-0.39, 0.29) is 22.9 Å². The van der Waals surface area contributed by atoms with E-state index in [1.807, 2.05) is 30.3 Å². The summed E-state index contributed by atoms with van der Waals surface area (Å²) in [5, 5.41) is 11.9. The second-order valence-corrected chi connectivity index (χ2v) is 9.67. The number of phenols is 1. The molecule has 1 heterocycles. The Hall–Kier alpha value is -2.59. The Morgan fingerprint density at radius 2 is 1.90 bits per heavy atom. The lowest BCUT2D eigenvalue weighted by Crippen LogP contribution is -2.33. The van der Waals surface area contributed by atoms with Gasteiger partial charge < -0.3 is 9.84 Å². The molecule has 4 heteroatoms. The molecule has 0 spiro atoms. The van der Waals surface area contributed by atoms with Gasteiger partial charge in [-0.2, -0.15) is 0 Å². The lowest BCUT2D eigenvalue weighted by molar-refractivity contribution is -0.118. The molecule has 2 aliphatic rings. The number of aromatic hydroxyl groups is 1. The van der Waals surface area contributed by atoms with Crippen molar-refractivity contribution in [3.05, 3.63) is 81.5 Å². The number of rotatable bonds is 1. The van der Waals surface area contributed by atoms with Gasteiger partial charge in [0.25, 0.3) is 0 Å². The molecule has 29 heavy (non-hydrogen) atoms. The number of ether oxygens (including phenoxy) is 1. The third-order valence-corrected chi connectivity index (χ3v) is 6.37. The molecule has 5 rings (SSSR count). The molecule has 1 atom stereocenters. The summed E-state index contributed by atoms with van der Waals surface area (Å²) in [5.74, 6) is 1.77. The third kappa shape index (κ3) is 3.06. The van der Waals surface area contributed by atoms with Gasteiger partial charge in [0.1, 0.15) is 17.3 Å². The maximum Gasteiger partial charge on any atom is 0.163 e. The standard InChI is InChI=1S/C25H21BrO3/c1-25(2)12-19(28)24-21(13-25)29-20-9-6-14-11-17(27)7-8-18(14)23(20)22(24)15-4-3-5-16(26)10-15/h3-11,22,27H,12-13H2,1-2H3. The molecule has 1 aliphatic heterocycles. The van der Waals surface area contributed by atoms with E-state index in [4.69, 9.17) is 4.74 Å². The van der Waals surface area contributed by atoms with E-state index in [1.54, 1.807) is 12.1 Å². The summed E-state index contributed by atoms with van der Waals surface area (Å²) in [7, 11) is 0. The third-order valence-electron chi connectivity index (χ3n) is 5.88. The summed E-state index contributed by atoms with van der Waals surface area (Å²) in [6.45, 7) is 4.23. The monoisotopic (exact) mass is 448 g/mol. The largest absolute Gasteiger partial charge is 0.508 e. The molecule has 0 fully saturated rings. The first-order chi connectivity index (χ1) is 13.8. The minimum Gasteiger partial charge on any atom is -0.508 e. The van der Waals surface area contributed by atoms with E-state index in [0.717, 1.165) is 49.9 Å². The highest BCUT2D eigenvalue weighted by Gasteiger charge is 2.42. The van der Waals surface area contributed by atoms with Gasteiger partial charge in [0, 0.05) is 34.4 Å². The van der Waals surface area contributed by atoms with Gasteiger partial charge in [-0.25, -0.2) is 0 Å². The van der Waals surface area contributed by atoms with Gasteiger partial charge in [-0.1, -0.05) is 54.0 Å². The molecule has 3 aromatic rings. The van der Waals surface area contributed by atoms with Crippen LogP contribution in [0.25, 0.3) is 10.8 Å². The lowest BCUT2D eigenvalue weighted by Gasteiger charge is -2.38. The molecule has 0 bridgehead atoms. The molecule has 0 saturated heterocycles. The van der Waals surface area contributed by atoms with Crippen LogP contribution in [0.4, 0.5) is 0 Å². The van der Waals surface area contributed by atoms with Gasteiger partial charge in [0.15, 0.2) is 5.78 Å². The number of ketones is 1. The van der Waals surface area contributed by atoms with E-state index in [9.17, 15) is 9.90 Å². The summed E-state index contributed by atoms with van der Waals surface area (Å²) in [6, 6.07) is 17.4. The quantitative estimate of drug-likeness (QED) is 0.463. The fourth-order valence-corrected chi connectivity index (χ4v) is 5.11. The van der Waals surface area contributed by atoms with E-state index in [0.29, 0.717) is 6.42 Å². The minimum absolute atomic E-state index is 0.113. The van der Waals surface area contributed by atoms with Crippen molar-refractivity contribution in [2.45, 2.75) is 32.6 Å². The summed E-state index contributed by atoms with van der Waals surface area (Å²) in [6.07, 6.45) is 1.26. The van der Waals surface area contributed by atoms with Crippen molar-refractivity contribution >= 4 is 32.5 Å². The van der Waals surface area contributed by atoms with Crippen molar-refractivity contribution in [2.75, 3.05) is 0 Å². The number of hydrogen-bond donors (Lipinski definition) is 1. The summed E-state index contributed by atoms with van der Waals surface area (Å²) in [4.78, 5) is 13.3. The fraction of sp³-hybridized carbons (Fsp3) is 0.240. The number of carbonyl (C=O) groups excluding carboxylic acids is 1. The van der Waals surface area contributed by atoms with Crippen LogP contribution in [0.2, 0.25) is 0 Å². The van der Waals surface area contributed by atoms with Crippen molar-refractivity contribution in [1.29, 1.82) is 0 Å². The van der Waals surface area contributed by atoms with Crippen molar-refractivity contribution < 1.29 is 14.6 Å². The molecule has 0 radical (unpaired) electrons. The first kappa shape index (κ1) is 18.4. The van der Waals surface area contributed by atoms with Crippen molar-refractivity contribution in [2.24, 2.45) is 5.41 Å². The Kier molecular flexibility index (Phi) is 4.11. The minimum atomic E-state index is -0.192. The molecule has 146 valence electrons. The number of phenolic OH excluding ortho intramolecular Hbond substituents is 1. The van der Waals surface area contributed by atoms with Crippen LogP contribution in [0.5, 0.6) is 11.5 Å². The van der Waals surface area contributed by atoms with E-state index >= 15 is 0 Å². The van der Waals surface area contributed by atoms with Gasteiger partial charge in [0.2, 0.25) is 0 Å². The zero-order valence-electron chi connectivity index (χ0n) is 16.3. The maximum atomic E-state index is 13.3. The number of fused-ring (bicyclic) bond motifs is 3. The second kappa shape index (κ2) is 6.46. The average Bonchev–Trinajstić information content (AvgIpc) is 2.65. The predicted molar refractivity (Wildman–Crippen MR) is 117 cm³/mol. The molecule has 0 amide bonds. The fourth-order valence-electron chi connectivity index (χ4n) is 4.70. The summed E-state index contributed by atoms with van der Waals surface area (Å²) in [5.41, 5.74) is 2.71. The molecule has 1 unspecified atom stereocenters. The number of hydrogen-bond acceptors (Lipinski definition) is 3. The van der Waals surface area contributed by atoms with Gasteiger partial charge in [-0.15, -0.1) is 0 Å². The highest BCUT2D eigenvalue weighted by Crippen LogP contribution is 2.52. The van der Waals surface area contributed by atoms with Crippen molar-refractivity contribution in [3.63, 3.8) is 0 Å². The molecular weight excluding hydrogens is 428 g/mol. The average molecular weight is 449 g/mol. The Labute approximate surface area is 178 Å². The van der Waals surface area contributed by atoms with Crippen LogP contribution >= 0.6 is 15.9 Å². The Morgan fingerprint density at radius 1 is 1.07 bits per heavy atom. The van der Waals surface area contributed by atoms with E-state index in [1.165, 1.54) is 0 Å². The molecular formula is C25H21BrO3. The van der Waals surface area contributed by atoms with Gasteiger partial charge in [-0.3, -0.25) is 4.79 Å². The molecule has 0 aromatic heterocycles. The lowest BCUT2D eigenvalue weighted by atomic mass is 9.69. The number of benzene rings is 3. The zero-order valence-corrected chi connectivity index (χ0v) is 17.9. The van der Waals surface area contributed by atoms with Crippen LogP contribution in [0, 0.1) is 5.41 Å². The number of carbonyl (C=O) groups is 1. The van der Waals surface area contributed by atoms with Gasteiger partial charge in [0.05, 0.1) is 0 Å². The number of halogens is 1. The first-order valence-electron chi connectivity index (χ1n) is 9.78. The van der Waals surface area contributed by atoms with Crippen LogP contribution in [0.3, 0.4) is 0 Å². The molecule has 1 N–H and O–H groups in total. The summed E-state index contributed by atoms with van der Waals surface area (Å²) < 4.78 is 7.33. The van der Waals surface area contributed by atoms with Crippen LogP contribution in [-0.4, -0.2) is 10.9 Å². The highest BCUT2D eigenvalue weighted by molar-refractivity contribution is 9.10. The van der Waals surface area contributed by atoms with Crippen molar-refractivity contribution in [1.82, 2.24) is 0 Å². The highest BCUT2D eigenvalue weighted by atomic mass is 79.9. The maximum absolute atomic E-state index is 13.3. The topological polar surface area (TPSA) is 46.5 Å². The SMILES string of the molecule is CC1(C)CC(=O)C2=C(C1)Oc1ccc3cc(O)ccc3c1C2c1cccc(Br)c1. The van der Waals surface area contributed by atoms with Crippen LogP contribution < -0.4 is 4.74 Å². The number of allylic oxidation sites excluding steroid dienone is 2.